The van der Waals surface area contributed by atoms with E-state index in [1.165, 1.54) is 7.11 Å². The lowest BCUT2D eigenvalue weighted by Gasteiger charge is -2.21. The highest BCUT2D eigenvalue weighted by Gasteiger charge is 2.16. The Morgan fingerprint density at radius 2 is 1.95 bits per heavy atom. The van der Waals surface area contributed by atoms with E-state index in [9.17, 15) is 4.39 Å². The molecule has 0 bridgehead atoms. The molecule has 1 aromatic rings. The van der Waals surface area contributed by atoms with Crippen LogP contribution in [0.15, 0.2) is 18.2 Å². The fourth-order valence-electron chi connectivity index (χ4n) is 2.60. The number of hydrogen-bond donors (Lipinski definition) is 0. The fraction of sp³-hybridized carbons (Fsp3) is 0.600. The molecule has 0 N–H and O–H groups in total. The second kappa shape index (κ2) is 7.96. The molecule has 1 aliphatic rings. The molecule has 1 aliphatic heterocycles. The minimum Gasteiger partial charge on any atom is -0.494 e. The highest BCUT2D eigenvalue weighted by molar-refractivity contribution is 9.09. The first-order valence-electron chi connectivity index (χ1n) is 7.06. The quantitative estimate of drug-likeness (QED) is 0.764. The van der Waals surface area contributed by atoms with E-state index < -0.39 is 0 Å². The van der Waals surface area contributed by atoms with Crippen molar-refractivity contribution in [3.05, 3.63) is 29.6 Å². The van der Waals surface area contributed by atoms with E-state index >= 15 is 0 Å². The molecule has 20 heavy (non-hydrogen) atoms. The third kappa shape index (κ3) is 4.17. The molecule has 0 atom stereocenters. The van der Waals surface area contributed by atoms with Crippen molar-refractivity contribution in [2.24, 2.45) is 0 Å². The summed E-state index contributed by atoms with van der Waals surface area (Å²) in [6.45, 7) is 5.94. The van der Waals surface area contributed by atoms with Crippen LogP contribution in [0, 0.1) is 5.82 Å². The monoisotopic (exact) mass is 344 g/mol. The SMILES string of the molecule is COc1cccc(CN2CCCN(CCBr)CC2)c1F. The molecule has 1 fully saturated rings. The third-order valence-electron chi connectivity index (χ3n) is 3.74. The van der Waals surface area contributed by atoms with E-state index in [0.29, 0.717) is 12.3 Å². The van der Waals surface area contributed by atoms with Gasteiger partial charge in [-0.25, -0.2) is 4.39 Å². The molecule has 1 heterocycles. The molecular weight excluding hydrogens is 323 g/mol. The smallest absolute Gasteiger partial charge is 0.169 e. The van der Waals surface area contributed by atoms with Crippen molar-refractivity contribution in [3.63, 3.8) is 0 Å². The summed E-state index contributed by atoms with van der Waals surface area (Å²) >= 11 is 3.49. The lowest BCUT2D eigenvalue weighted by molar-refractivity contribution is 0.255. The van der Waals surface area contributed by atoms with Gasteiger partial charge in [0, 0.05) is 37.1 Å². The summed E-state index contributed by atoms with van der Waals surface area (Å²) in [5.41, 5.74) is 0.721. The molecule has 3 nitrogen and oxygen atoms in total. The predicted octanol–water partition coefficient (Wildman–Crippen LogP) is 2.74. The van der Waals surface area contributed by atoms with E-state index in [4.69, 9.17) is 4.74 Å². The molecule has 0 amide bonds. The highest BCUT2D eigenvalue weighted by Crippen LogP contribution is 2.21. The van der Waals surface area contributed by atoms with Gasteiger partial charge in [-0.15, -0.1) is 0 Å². The van der Waals surface area contributed by atoms with Gasteiger partial charge in [-0.2, -0.15) is 0 Å². The molecule has 0 aliphatic carbocycles. The Balaban J connectivity index is 1.96. The van der Waals surface area contributed by atoms with Crippen molar-refractivity contribution in [1.82, 2.24) is 9.80 Å². The van der Waals surface area contributed by atoms with Gasteiger partial charge in [0.15, 0.2) is 11.6 Å². The molecule has 5 heteroatoms. The van der Waals surface area contributed by atoms with Gasteiger partial charge in [0.25, 0.3) is 0 Å². The standard InChI is InChI=1S/C15H22BrFN2O/c1-20-14-5-2-4-13(15(14)17)12-19-8-3-7-18(9-6-16)10-11-19/h2,4-5H,3,6-12H2,1H3. The van der Waals surface area contributed by atoms with E-state index in [2.05, 4.69) is 25.7 Å². The predicted molar refractivity (Wildman–Crippen MR) is 83.1 cm³/mol. The molecule has 1 saturated heterocycles. The Labute approximate surface area is 128 Å². The normalized spacial score (nSPS) is 17.9. The van der Waals surface area contributed by atoms with Crippen LogP contribution in [0.3, 0.4) is 0 Å². The second-order valence-corrected chi connectivity index (χ2v) is 5.89. The number of alkyl halides is 1. The molecular formula is C15H22BrFN2O. The average molecular weight is 345 g/mol. The van der Waals surface area contributed by atoms with Gasteiger partial charge in [-0.1, -0.05) is 28.1 Å². The summed E-state index contributed by atoms with van der Waals surface area (Å²) in [6, 6.07) is 5.37. The molecule has 112 valence electrons. The van der Waals surface area contributed by atoms with Crippen LogP contribution in [0.4, 0.5) is 4.39 Å². The van der Waals surface area contributed by atoms with Gasteiger partial charge in [-0.05, 0) is 25.6 Å². The Kier molecular flexibility index (Phi) is 6.26. The summed E-state index contributed by atoms with van der Waals surface area (Å²) in [5, 5.41) is 1.01. The minimum absolute atomic E-state index is 0.225. The average Bonchev–Trinajstić information content (AvgIpc) is 2.67. The zero-order valence-electron chi connectivity index (χ0n) is 11.9. The van der Waals surface area contributed by atoms with Gasteiger partial charge in [-0.3, -0.25) is 4.90 Å². The van der Waals surface area contributed by atoms with Gasteiger partial charge >= 0.3 is 0 Å². The molecule has 0 aromatic heterocycles. The molecule has 1 aromatic carbocycles. The van der Waals surface area contributed by atoms with Crippen molar-refractivity contribution >= 4 is 15.9 Å². The van der Waals surface area contributed by atoms with Crippen LogP contribution in [0.2, 0.25) is 0 Å². The minimum atomic E-state index is -0.225. The molecule has 0 saturated carbocycles. The molecule has 2 rings (SSSR count). The molecule has 0 spiro atoms. The zero-order valence-corrected chi connectivity index (χ0v) is 13.5. The lowest BCUT2D eigenvalue weighted by atomic mass is 10.2. The Hall–Kier alpha value is -0.650. The van der Waals surface area contributed by atoms with Crippen LogP contribution in [0.5, 0.6) is 5.75 Å². The molecule has 0 radical (unpaired) electrons. The summed E-state index contributed by atoms with van der Waals surface area (Å²) < 4.78 is 19.2. The first kappa shape index (κ1) is 15.7. The summed E-state index contributed by atoms with van der Waals surface area (Å²) in [4.78, 5) is 4.78. The van der Waals surface area contributed by atoms with Crippen molar-refractivity contribution < 1.29 is 9.13 Å². The maximum atomic E-state index is 14.2. The number of methoxy groups -OCH3 is 1. The number of nitrogens with zero attached hydrogens (tertiary/aromatic N) is 2. The van der Waals surface area contributed by atoms with Gasteiger partial charge in [0.2, 0.25) is 0 Å². The van der Waals surface area contributed by atoms with Crippen molar-refractivity contribution in [2.75, 3.05) is 45.2 Å². The van der Waals surface area contributed by atoms with Gasteiger partial charge in [0.1, 0.15) is 0 Å². The largest absolute Gasteiger partial charge is 0.494 e. The Morgan fingerprint density at radius 1 is 1.20 bits per heavy atom. The van der Waals surface area contributed by atoms with E-state index in [-0.39, 0.29) is 5.82 Å². The number of halogens is 2. The van der Waals surface area contributed by atoms with E-state index in [1.54, 1.807) is 6.07 Å². The third-order valence-corrected chi connectivity index (χ3v) is 4.09. The van der Waals surface area contributed by atoms with Crippen molar-refractivity contribution in [3.8, 4) is 5.75 Å². The maximum Gasteiger partial charge on any atom is 0.169 e. The lowest BCUT2D eigenvalue weighted by Crippen LogP contribution is -2.31. The molecule has 0 unspecified atom stereocenters. The first-order valence-corrected chi connectivity index (χ1v) is 8.19. The first-order chi connectivity index (χ1) is 9.74. The van der Waals surface area contributed by atoms with Crippen LogP contribution in [-0.2, 0) is 6.54 Å². The summed E-state index contributed by atoms with van der Waals surface area (Å²) in [6.07, 6.45) is 1.14. The van der Waals surface area contributed by atoms with Crippen LogP contribution < -0.4 is 4.74 Å². The van der Waals surface area contributed by atoms with Gasteiger partial charge < -0.3 is 9.64 Å². The van der Waals surface area contributed by atoms with Crippen LogP contribution in [0.1, 0.15) is 12.0 Å². The summed E-state index contributed by atoms with van der Waals surface area (Å²) in [5.74, 6) is 0.106. The number of ether oxygens (including phenoxy) is 1. The number of hydrogen-bond acceptors (Lipinski definition) is 3. The second-order valence-electron chi connectivity index (χ2n) is 5.09. The number of rotatable bonds is 5. The topological polar surface area (TPSA) is 15.7 Å². The van der Waals surface area contributed by atoms with Crippen molar-refractivity contribution in [1.29, 1.82) is 0 Å². The zero-order chi connectivity index (χ0) is 14.4. The Bertz CT molecular complexity index is 430. The van der Waals surface area contributed by atoms with Crippen LogP contribution in [-0.4, -0.2) is 55.0 Å². The van der Waals surface area contributed by atoms with Crippen molar-refractivity contribution in [2.45, 2.75) is 13.0 Å². The van der Waals surface area contributed by atoms with E-state index in [1.807, 2.05) is 12.1 Å². The number of benzene rings is 1. The summed E-state index contributed by atoms with van der Waals surface area (Å²) in [7, 11) is 1.51. The maximum absolute atomic E-state index is 14.2. The van der Waals surface area contributed by atoms with Crippen LogP contribution in [0.25, 0.3) is 0 Å². The van der Waals surface area contributed by atoms with Crippen LogP contribution >= 0.6 is 15.9 Å². The fourth-order valence-corrected chi connectivity index (χ4v) is 3.10. The highest BCUT2D eigenvalue weighted by atomic mass is 79.9. The van der Waals surface area contributed by atoms with Gasteiger partial charge in [0.05, 0.1) is 7.11 Å². The Morgan fingerprint density at radius 3 is 2.70 bits per heavy atom. The van der Waals surface area contributed by atoms with E-state index in [0.717, 1.165) is 50.0 Å².